The molecule has 2 amide bonds. The molecule has 0 N–H and O–H groups in total. The Morgan fingerprint density at radius 3 is 2.58 bits per heavy atom. The highest BCUT2D eigenvalue weighted by molar-refractivity contribution is 5.94. The van der Waals surface area contributed by atoms with E-state index in [-0.39, 0.29) is 24.4 Å². The van der Waals surface area contributed by atoms with Gasteiger partial charge in [-0.3, -0.25) is 9.59 Å². The van der Waals surface area contributed by atoms with Crippen molar-refractivity contribution in [2.75, 3.05) is 13.1 Å². The zero-order chi connectivity index (χ0) is 18.7. The Morgan fingerprint density at radius 1 is 1.27 bits per heavy atom. The lowest BCUT2D eigenvalue weighted by atomic mass is 10.2. The van der Waals surface area contributed by atoms with Crippen LogP contribution in [0.4, 0.5) is 0 Å². The van der Waals surface area contributed by atoms with E-state index in [1.807, 2.05) is 34.8 Å². The third kappa shape index (κ3) is 4.36. The monoisotopic (exact) mass is 357 g/mol. The van der Waals surface area contributed by atoms with Gasteiger partial charge in [-0.2, -0.15) is 0 Å². The van der Waals surface area contributed by atoms with Crippen molar-refractivity contribution in [3.05, 3.63) is 48.2 Å². The lowest BCUT2D eigenvalue weighted by molar-refractivity contribution is -0.133. The van der Waals surface area contributed by atoms with Gasteiger partial charge in [0.2, 0.25) is 5.91 Å². The summed E-state index contributed by atoms with van der Waals surface area (Å²) in [5.74, 6) is 0.429. The predicted molar refractivity (Wildman–Crippen MR) is 98.4 cm³/mol. The van der Waals surface area contributed by atoms with Gasteiger partial charge in [-0.25, -0.2) is 0 Å². The Labute approximate surface area is 154 Å². The molecule has 1 aliphatic rings. The van der Waals surface area contributed by atoms with E-state index in [4.69, 9.17) is 4.42 Å². The molecular weight excluding hydrogens is 330 g/mol. The molecule has 0 spiro atoms. The molecule has 3 rings (SSSR count). The zero-order valence-corrected chi connectivity index (χ0v) is 15.7. The summed E-state index contributed by atoms with van der Waals surface area (Å²) in [6, 6.07) is 7.49. The van der Waals surface area contributed by atoms with Crippen molar-refractivity contribution in [3.63, 3.8) is 0 Å². The second-order valence-corrected chi connectivity index (χ2v) is 7.42. The molecule has 6 nitrogen and oxygen atoms in total. The van der Waals surface area contributed by atoms with Crippen LogP contribution >= 0.6 is 0 Å². The average Bonchev–Trinajstić information content (AvgIpc) is 3.12. The highest BCUT2D eigenvalue weighted by Crippen LogP contribution is 2.28. The minimum atomic E-state index is -0.200. The molecule has 2 aromatic heterocycles. The van der Waals surface area contributed by atoms with Gasteiger partial charge in [0, 0.05) is 31.5 Å². The van der Waals surface area contributed by atoms with Crippen molar-refractivity contribution in [2.24, 2.45) is 13.0 Å². The molecule has 2 heterocycles. The van der Waals surface area contributed by atoms with Crippen molar-refractivity contribution in [1.29, 1.82) is 0 Å². The first-order valence-corrected chi connectivity index (χ1v) is 9.18. The first kappa shape index (κ1) is 18.3. The molecule has 1 saturated carbocycles. The molecule has 0 aromatic carbocycles. The summed E-state index contributed by atoms with van der Waals surface area (Å²) >= 11 is 0. The van der Waals surface area contributed by atoms with Crippen molar-refractivity contribution < 1.29 is 14.0 Å². The second kappa shape index (κ2) is 7.81. The van der Waals surface area contributed by atoms with Gasteiger partial charge >= 0.3 is 0 Å². The van der Waals surface area contributed by atoms with E-state index >= 15 is 0 Å². The highest BCUT2D eigenvalue weighted by Gasteiger charge is 2.36. The predicted octanol–water partition coefficient (Wildman–Crippen LogP) is 2.91. The Morgan fingerprint density at radius 2 is 2.04 bits per heavy atom. The maximum absolute atomic E-state index is 13.0. The summed E-state index contributed by atoms with van der Waals surface area (Å²) in [7, 11) is 1.98. The van der Waals surface area contributed by atoms with Gasteiger partial charge in [-0.1, -0.05) is 13.8 Å². The number of amides is 2. The lowest BCUT2D eigenvalue weighted by Gasteiger charge is -2.28. The summed E-state index contributed by atoms with van der Waals surface area (Å²) in [5.41, 5.74) is 1.08. The van der Waals surface area contributed by atoms with Crippen LogP contribution in [-0.4, -0.2) is 45.3 Å². The molecule has 1 aliphatic carbocycles. The minimum absolute atomic E-state index is 0.0216. The van der Waals surface area contributed by atoms with Crippen molar-refractivity contribution in [3.8, 4) is 0 Å². The molecule has 0 saturated heterocycles. The second-order valence-electron chi connectivity index (χ2n) is 7.42. The number of carbonyl (C=O) groups excluding carboxylic acids is 2. The van der Waals surface area contributed by atoms with Gasteiger partial charge in [0.05, 0.1) is 12.8 Å². The number of hydrogen-bond donors (Lipinski definition) is 0. The maximum atomic E-state index is 13.0. The maximum Gasteiger partial charge on any atom is 0.290 e. The first-order chi connectivity index (χ1) is 12.5. The average molecular weight is 357 g/mol. The van der Waals surface area contributed by atoms with E-state index < -0.39 is 0 Å². The van der Waals surface area contributed by atoms with Crippen LogP contribution in [0.3, 0.4) is 0 Å². The fraction of sp³-hybridized carbons (Fsp3) is 0.500. The molecule has 26 heavy (non-hydrogen) atoms. The van der Waals surface area contributed by atoms with Crippen LogP contribution in [-0.2, 0) is 18.4 Å². The lowest BCUT2D eigenvalue weighted by Crippen LogP contribution is -2.44. The highest BCUT2D eigenvalue weighted by atomic mass is 16.3. The Bertz CT molecular complexity index is 744. The standard InChI is InChI=1S/C20H27N3O3/c1-15(2)12-22(13-17-6-4-10-21(17)3)19(24)14-23(16-8-9-16)20(25)18-7-5-11-26-18/h4-7,10-11,15-16H,8-9,12-14H2,1-3H3. The molecule has 6 heteroatoms. The Kier molecular flexibility index (Phi) is 5.49. The van der Waals surface area contributed by atoms with Crippen LogP contribution in [0.15, 0.2) is 41.1 Å². The molecule has 0 atom stereocenters. The van der Waals surface area contributed by atoms with Gasteiger partial charge in [0.25, 0.3) is 5.91 Å². The summed E-state index contributed by atoms with van der Waals surface area (Å²) in [5, 5.41) is 0. The van der Waals surface area contributed by atoms with Gasteiger partial charge in [0.15, 0.2) is 5.76 Å². The summed E-state index contributed by atoms with van der Waals surface area (Å²) in [4.78, 5) is 29.2. The number of aromatic nitrogens is 1. The number of hydrogen-bond acceptors (Lipinski definition) is 3. The fourth-order valence-corrected chi connectivity index (χ4v) is 3.09. The van der Waals surface area contributed by atoms with Crippen LogP contribution in [0.25, 0.3) is 0 Å². The molecule has 0 aliphatic heterocycles. The number of carbonyl (C=O) groups is 2. The molecule has 0 bridgehead atoms. The Balaban J connectivity index is 1.72. The largest absolute Gasteiger partial charge is 0.459 e. The minimum Gasteiger partial charge on any atom is -0.459 e. The first-order valence-electron chi connectivity index (χ1n) is 9.18. The molecule has 2 aromatic rings. The third-order valence-corrected chi connectivity index (χ3v) is 4.63. The van der Waals surface area contributed by atoms with Crippen LogP contribution in [0, 0.1) is 5.92 Å². The number of aryl methyl sites for hydroxylation is 1. The van der Waals surface area contributed by atoms with E-state index in [0.717, 1.165) is 18.5 Å². The normalized spacial score (nSPS) is 13.8. The third-order valence-electron chi connectivity index (χ3n) is 4.63. The van der Waals surface area contributed by atoms with Crippen molar-refractivity contribution in [2.45, 2.75) is 39.3 Å². The quantitative estimate of drug-likeness (QED) is 0.730. The number of rotatable bonds is 8. The van der Waals surface area contributed by atoms with E-state index in [9.17, 15) is 9.59 Å². The molecular formula is C20H27N3O3. The van der Waals surface area contributed by atoms with Crippen LogP contribution in [0.1, 0.15) is 42.9 Å². The van der Waals surface area contributed by atoms with E-state index in [0.29, 0.717) is 24.8 Å². The topological polar surface area (TPSA) is 58.7 Å². The van der Waals surface area contributed by atoms with Crippen molar-refractivity contribution in [1.82, 2.24) is 14.4 Å². The summed E-state index contributed by atoms with van der Waals surface area (Å²) in [6.45, 7) is 5.50. The molecule has 1 fully saturated rings. The van der Waals surface area contributed by atoms with Crippen LogP contribution in [0.5, 0.6) is 0 Å². The smallest absolute Gasteiger partial charge is 0.290 e. The SMILES string of the molecule is CC(C)CN(Cc1cccn1C)C(=O)CN(C(=O)c1ccco1)C1CC1. The zero-order valence-electron chi connectivity index (χ0n) is 15.7. The van der Waals surface area contributed by atoms with E-state index in [1.165, 1.54) is 6.26 Å². The Hall–Kier alpha value is -2.50. The number of furan rings is 1. The summed E-state index contributed by atoms with van der Waals surface area (Å²) in [6.07, 6.45) is 5.36. The van der Waals surface area contributed by atoms with E-state index in [1.54, 1.807) is 17.0 Å². The molecule has 140 valence electrons. The fourth-order valence-electron chi connectivity index (χ4n) is 3.09. The van der Waals surface area contributed by atoms with Gasteiger partial charge in [-0.05, 0) is 43.0 Å². The van der Waals surface area contributed by atoms with Gasteiger partial charge in [-0.15, -0.1) is 0 Å². The molecule has 0 radical (unpaired) electrons. The van der Waals surface area contributed by atoms with E-state index in [2.05, 4.69) is 13.8 Å². The number of nitrogens with zero attached hydrogens (tertiary/aromatic N) is 3. The van der Waals surface area contributed by atoms with Crippen LogP contribution in [0.2, 0.25) is 0 Å². The van der Waals surface area contributed by atoms with Gasteiger partial charge in [0.1, 0.15) is 6.54 Å². The summed E-state index contributed by atoms with van der Waals surface area (Å²) < 4.78 is 7.26. The van der Waals surface area contributed by atoms with Gasteiger partial charge < -0.3 is 18.8 Å². The molecule has 0 unspecified atom stereocenters. The van der Waals surface area contributed by atoms with Crippen LogP contribution < -0.4 is 0 Å². The van der Waals surface area contributed by atoms with Crippen molar-refractivity contribution >= 4 is 11.8 Å².